The van der Waals surface area contributed by atoms with Gasteiger partial charge in [0.1, 0.15) is 0 Å². The second-order valence-electron chi connectivity index (χ2n) is 3.63. The zero-order valence-electron chi connectivity index (χ0n) is 9.24. The Morgan fingerprint density at radius 2 is 2.31 bits per heavy atom. The van der Waals surface area contributed by atoms with E-state index in [-0.39, 0.29) is 5.78 Å². The Morgan fingerprint density at radius 1 is 1.50 bits per heavy atom. The predicted octanol–water partition coefficient (Wildman–Crippen LogP) is 3.67. The maximum Gasteiger partial charge on any atom is 0.174 e. The molecule has 0 unspecified atom stereocenters. The number of rotatable bonds is 4. The number of carbonyl (C=O) groups excluding carboxylic acids is 1. The summed E-state index contributed by atoms with van der Waals surface area (Å²) in [7, 11) is 0. The van der Waals surface area contributed by atoms with E-state index in [1.807, 2.05) is 37.4 Å². The van der Waals surface area contributed by atoms with Crippen molar-refractivity contribution < 1.29 is 4.79 Å². The molecule has 0 atom stereocenters. The van der Waals surface area contributed by atoms with Gasteiger partial charge in [0.15, 0.2) is 5.78 Å². The molecule has 2 rings (SSSR count). The fourth-order valence-corrected chi connectivity index (χ4v) is 3.24. The van der Waals surface area contributed by atoms with E-state index in [9.17, 15) is 4.79 Å². The zero-order chi connectivity index (χ0) is 11.5. The summed E-state index contributed by atoms with van der Waals surface area (Å²) in [4.78, 5) is 15.1. The molecule has 4 heteroatoms. The maximum atomic E-state index is 11.9. The lowest BCUT2D eigenvalue weighted by Gasteiger charge is -1.98. The Labute approximate surface area is 103 Å². The zero-order valence-corrected chi connectivity index (χ0v) is 10.9. The number of aromatic amines is 1. The number of Topliss-reactive ketones (excluding diaryl/α,β-unsaturated/α-hetero) is 1. The maximum absolute atomic E-state index is 11.9. The van der Waals surface area contributed by atoms with Gasteiger partial charge < -0.3 is 4.98 Å². The molecule has 0 radical (unpaired) electrons. The summed E-state index contributed by atoms with van der Waals surface area (Å²) in [6.45, 7) is 3.91. The van der Waals surface area contributed by atoms with Crippen LogP contribution < -0.4 is 0 Å². The lowest BCUT2D eigenvalue weighted by Crippen LogP contribution is -2.02. The van der Waals surface area contributed by atoms with E-state index >= 15 is 0 Å². The largest absolute Gasteiger partial charge is 0.362 e. The Kier molecular flexibility index (Phi) is 3.51. The number of H-pyrrole nitrogens is 1. The minimum Gasteiger partial charge on any atom is -0.362 e. The lowest BCUT2D eigenvalue weighted by molar-refractivity contribution is 0.102. The summed E-state index contributed by atoms with van der Waals surface area (Å²) in [5.41, 5.74) is 2.83. The quantitative estimate of drug-likeness (QED) is 0.664. The molecule has 16 heavy (non-hydrogen) atoms. The molecule has 84 valence electrons. The highest BCUT2D eigenvalue weighted by Crippen LogP contribution is 2.24. The normalized spacial score (nSPS) is 10.6. The third-order valence-electron chi connectivity index (χ3n) is 2.29. The van der Waals surface area contributed by atoms with E-state index in [0.29, 0.717) is 5.75 Å². The molecule has 2 nitrogen and oxygen atoms in total. The molecule has 0 bridgehead atoms. The number of hydrogen-bond acceptors (Lipinski definition) is 3. The van der Waals surface area contributed by atoms with Crippen molar-refractivity contribution in [3.63, 3.8) is 0 Å². The third kappa shape index (κ3) is 2.57. The second-order valence-corrected chi connectivity index (χ2v) is 5.86. The molecule has 2 aromatic rings. The van der Waals surface area contributed by atoms with Crippen molar-refractivity contribution in [2.75, 3.05) is 5.75 Å². The Hall–Kier alpha value is -1.00. The first-order valence-electron chi connectivity index (χ1n) is 5.02. The molecule has 0 amide bonds. The minimum absolute atomic E-state index is 0.195. The van der Waals surface area contributed by atoms with Crippen molar-refractivity contribution in [1.82, 2.24) is 4.98 Å². The summed E-state index contributed by atoms with van der Waals surface area (Å²) in [6.07, 6.45) is 0. The molecule has 0 fully saturated rings. The summed E-state index contributed by atoms with van der Waals surface area (Å²) in [5, 5.41) is 2.03. The van der Waals surface area contributed by atoms with Crippen LogP contribution in [0, 0.1) is 13.8 Å². The molecule has 0 saturated carbocycles. The number of thioether (sulfide) groups is 1. The molecule has 1 N–H and O–H groups in total. The topological polar surface area (TPSA) is 32.9 Å². The fraction of sp³-hybridized carbons (Fsp3) is 0.250. The van der Waals surface area contributed by atoms with E-state index < -0.39 is 0 Å². The standard InChI is InChI=1S/C12H13NOS2/c1-8-6-10(9(2)13-8)11(14)7-16-12-4-3-5-15-12/h3-6,13H,7H2,1-2H3. The Morgan fingerprint density at radius 3 is 2.88 bits per heavy atom. The molecular formula is C12H13NOS2. The molecule has 0 spiro atoms. The number of carbonyl (C=O) groups is 1. The highest BCUT2D eigenvalue weighted by atomic mass is 32.2. The predicted molar refractivity (Wildman–Crippen MR) is 69.6 cm³/mol. The van der Waals surface area contributed by atoms with Gasteiger partial charge in [-0.3, -0.25) is 4.79 Å². The van der Waals surface area contributed by atoms with Crippen molar-refractivity contribution >= 4 is 28.9 Å². The van der Waals surface area contributed by atoms with Crippen molar-refractivity contribution in [1.29, 1.82) is 0 Å². The van der Waals surface area contributed by atoms with E-state index in [4.69, 9.17) is 0 Å². The van der Waals surface area contributed by atoms with Gasteiger partial charge >= 0.3 is 0 Å². The van der Waals surface area contributed by atoms with Gasteiger partial charge in [0.05, 0.1) is 9.96 Å². The van der Waals surface area contributed by atoms with Gasteiger partial charge in [0.25, 0.3) is 0 Å². The average Bonchev–Trinajstić information content (AvgIpc) is 2.84. The van der Waals surface area contributed by atoms with Gasteiger partial charge in [0.2, 0.25) is 0 Å². The number of thiophene rings is 1. The summed E-state index contributed by atoms with van der Waals surface area (Å²) in [6, 6.07) is 5.97. The molecule has 0 aromatic carbocycles. The number of aryl methyl sites for hydroxylation is 2. The smallest absolute Gasteiger partial charge is 0.174 e. The van der Waals surface area contributed by atoms with Gasteiger partial charge in [-0.15, -0.1) is 23.1 Å². The monoisotopic (exact) mass is 251 g/mol. The van der Waals surface area contributed by atoms with Crippen LogP contribution in [0.3, 0.4) is 0 Å². The van der Waals surface area contributed by atoms with E-state index in [1.54, 1.807) is 23.1 Å². The van der Waals surface area contributed by atoms with Crippen molar-refractivity contribution in [2.45, 2.75) is 18.1 Å². The molecule has 2 heterocycles. The summed E-state index contributed by atoms with van der Waals surface area (Å²) < 4.78 is 1.19. The number of aromatic nitrogens is 1. The minimum atomic E-state index is 0.195. The molecule has 0 saturated heterocycles. The van der Waals surface area contributed by atoms with Crippen LogP contribution >= 0.6 is 23.1 Å². The van der Waals surface area contributed by atoms with Gasteiger partial charge in [0, 0.05) is 17.0 Å². The van der Waals surface area contributed by atoms with Gasteiger partial charge in [-0.1, -0.05) is 6.07 Å². The second kappa shape index (κ2) is 4.89. The molecular weight excluding hydrogens is 238 g/mol. The van der Waals surface area contributed by atoms with E-state index in [2.05, 4.69) is 4.98 Å². The summed E-state index contributed by atoms with van der Waals surface area (Å²) in [5.74, 6) is 0.707. The highest BCUT2D eigenvalue weighted by molar-refractivity contribution is 8.01. The van der Waals surface area contributed by atoms with E-state index in [0.717, 1.165) is 17.0 Å². The molecule has 2 aromatic heterocycles. The summed E-state index contributed by atoms with van der Waals surface area (Å²) >= 11 is 3.28. The van der Waals surface area contributed by atoms with E-state index in [1.165, 1.54) is 4.21 Å². The van der Waals surface area contributed by atoms with Crippen LogP contribution in [0.15, 0.2) is 27.8 Å². The van der Waals surface area contributed by atoms with Crippen molar-refractivity contribution in [3.8, 4) is 0 Å². The van der Waals surface area contributed by atoms with Crippen LogP contribution in [0.25, 0.3) is 0 Å². The van der Waals surface area contributed by atoms with Crippen LogP contribution in [-0.2, 0) is 0 Å². The first kappa shape index (κ1) is 11.5. The number of hydrogen-bond donors (Lipinski definition) is 1. The van der Waals surface area contributed by atoms with Crippen LogP contribution in [0.1, 0.15) is 21.7 Å². The number of ketones is 1. The van der Waals surface area contributed by atoms with Crippen molar-refractivity contribution in [3.05, 3.63) is 40.5 Å². The first-order chi connectivity index (χ1) is 7.66. The Bertz CT molecular complexity index is 485. The van der Waals surface area contributed by atoms with Gasteiger partial charge in [-0.25, -0.2) is 0 Å². The van der Waals surface area contributed by atoms with Gasteiger partial charge in [-0.2, -0.15) is 0 Å². The van der Waals surface area contributed by atoms with Crippen LogP contribution in [0.2, 0.25) is 0 Å². The SMILES string of the molecule is Cc1cc(C(=O)CSc2cccs2)c(C)[nH]1. The molecule has 0 aliphatic carbocycles. The van der Waals surface area contributed by atoms with Gasteiger partial charge in [-0.05, 0) is 31.4 Å². The lowest BCUT2D eigenvalue weighted by atomic mass is 10.2. The van der Waals surface area contributed by atoms with Crippen molar-refractivity contribution in [2.24, 2.45) is 0 Å². The average molecular weight is 251 g/mol. The first-order valence-corrected chi connectivity index (χ1v) is 6.89. The highest BCUT2D eigenvalue weighted by Gasteiger charge is 2.11. The molecule has 0 aliphatic heterocycles. The Balaban J connectivity index is 2.01. The third-order valence-corrected chi connectivity index (χ3v) is 4.42. The van der Waals surface area contributed by atoms with Crippen LogP contribution in [0.4, 0.5) is 0 Å². The van der Waals surface area contributed by atoms with Crippen LogP contribution in [-0.4, -0.2) is 16.5 Å². The fourth-order valence-electron chi connectivity index (χ4n) is 1.57. The van der Waals surface area contributed by atoms with Crippen LogP contribution in [0.5, 0.6) is 0 Å². The molecule has 0 aliphatic rings. The number of nitrogens with one attached hydrogen (secondary N) is 1.